The largest absolute Gasteiger partial charge is 0.444 e. The number of nitrogens with one attached hydrogen (secondary N) is 1. The fraction of sp³-hybridized carbons (Fsp3) is 0.393. The van der Waals surface area contributed by atoms with Crippen LogP contribution in [0.5, 0.6) is 0 Å². The summed E-state index contributed by atoms with van der Waals surface area (Å²) in [7, 11) is 0. The molecular formula is C28H34BrN3O4. The number of ether oxygens (including phenoxy) is 2. The number of ketones is 1. The predicted molar refractivity (Wildman–Crippen MR) is 146 cm³/mol. The summed E-state index contributed by atoms with van der Waals surface area (Å²) in [6, 6.07) is 15.9. The van der Waals surface area contributed by atoms with E-state index in [1.54, 1.807) is 27.0 Å². The summed E-state index contributed by atoms with van der Waals surface area (Å²) >= 11 is 3.50. The SMILES string of the molecule is CCN(CC(=O)Cc1cnc2cc(Br)ccc2c1NCCOCc1ccccc1)C(=O)OC(C)(C)C. The van der Waals surface area contributed by atoms with Crippen LogP contribution in [0.4, 0.5) is 10.5 Å². The third-order valence-electron chi connectivity index (χ3n) is 5.36. The average molecular weight is 557 g/mol. The van der Waals surface area contributed by atoms with Crippen LogP contribution in [0.3, 0.4) is 0 Å². The third kappa shape index (κ3) is 8.31. The molecule has 1 aromatic heterocycles. The number of hydrogen-bond donors (Lipinski definition) is 1. The van der Waals surface area contributed by atoms with Crippen molar-refractivity contribution < 1.29 is 19.1 Å². The Hall–Kier alpha value is -2.97. The maximum atomic E-state index is 13.0. The lowest BCUT2D eigenvalue weighted by Gasteiger charge is -2.26. The highest BCUT2D eigenvalue weighted by Crippen LogP contribution is 2.28. The molecule has 0 fully saturated rings. The van der Waals surface area contributed by atoms with E-state index in [1.165, 1.54) is 4.90 Å². The van der Waals surface area contributed by atoms with Crippen LogP contribution < -0.4 is 5.32 Å². The second-order valence-electron chi connectivity index (χ2n) is 9.49. The minimum absolute atomic E-state index is 0.0244. The highest BCUT2D eigenvalue weighted by Gasteiger charge is 2.23. The summed E-state index contributed by atoms with van der Waals surface area (Å²) in [5.41, 5.74) is 2.94. The van der Waals surface area contributed by atoms with Gasteiger partial charge in [0.25, 0.3) is 0 Å². The molecule has 1 N–H and O–H groups in total. The first-order chi connectivity index (χ1) is 17.2. The van der Waals surface area contributed by atoms with E-state index in [0.29, 0.717) is 26.3 Å². The number of carbonyl (C=O) groups excluding carboxylic acids is 2. The molecular weight excluding hydrogens is 522 g/mol. The van der Waals surface area contributed by atoms with Crippen molar-refractivity contribution in [1.82, 2.24) is 9.88 Å². The normalized spacial score (nSPS) is 11.4. The van der Waals surface area contributed by atoms with Gasteiger partial charge >= 0.3 is 6.09 Å². The first-order valence-electron chi connectivity index (χ1n) is 12.1. The minimum Gasteiger partial charge on any atom is -0.444 e. The van der Waals surface area contributed by atoms with Crippen LogP contribution in [0.15, 0.2) is 59.2 Å². The number of rotatable bonds is 11. The van der Waals surface area contributed by atoms with Crippen LogP contribution in [-0.2, 0) is 27.3 Å². The minimum atomic E-state index is -0.621. The van der Waals surface area contributed by atoms with Gasteiger partial charge in [0, 0.05) is 46.8 Å². The molecule has 0 aliphatic heterocycles. The molecule has 0 saturated carbocycles. The topological polar surface area (TPSA) is 80.8 Å². The van der Waals surface area contributed by atoms with E-state index in [1.807, 2.05) is 55.5 Å². The summed E-state index contributed by atoms with van der Waals surface area (Å²) in [6.45, 7) is 9.22. The molecule has 2 aromatic carbocycles. The van der Waals surface area contributed by atoms with Crippen molar-refractivity contribution in [1.29, 1.82) is 0 Å². The predicted octanol–water partition coefficient (Wildman–Crippen LogP) is 5.99. The third-order valence-corrected chi connectivity index (χ3v) is 5.85. The fourth-order valence-electron chi connectivity index (χ4n) is 3.68. The van der Waals surface area contributed by atoms with Gasteiger partial charge in [0.15, 0.2) is 5.78 Å². The molecule has 1 amide bonds. The van der Waals surface area contributed by atoms with Crippen LogP contribution in [0.1, 0.15) is 38.8 Å². The van der Waals surface area contributed by atoms with Crippen molar-refractivity contribution in [3.63, 3.8) is 0 Å². The van der Waals surface area contributed by atoms with Gasteiger partial charge in [-0.3, -0.25) is 9.78 Å². The molecule has 0 radical (unpaired) electrons. The number of amides is 1. The van der Waals surface area contributed by atoms with Gasteiger partial charge in [-0.05, 0) is 51.5 Å². The first kappa shape index (κ1) is 27.6. The second-order valence-corrected chi connectivity index (χ2v) is 10.4. The van der Waals surface area contributed by atoms with E-state index in [0.717, 1.165) is 32.2 Å². The zero-order chi connectivity index (χ0) is 26.1. The van der Waals surface area contributed by atoms with Crippen LogP contribution >= 0.6 is 15.9 Å². The Morgan fingerprint density at radius 3 is 2.56 bits per heavy atom. The number of anilines is 1. The number of hydrogen-bond acceptors (Lipinski definition) is 6. The van der Waals surface area contributed by atoms with Gasteiger partial charge in [0.1, 0.15) is 5.60 Å². The van der Waals surface area contributed by atoms with Crippen LogP contribution in [0.25, 0.3) is 10.9 Å². The summed E-state index contributed by atoms with van der Waals surface area (Å²) in [5.74, 6) is -0.0932. The highest BCUT2D eigenvalue weighted by molar-refractivity contribution is 9.10. The Morgan fingerprint density at radius 2 is 1.86 bits per heavy atom. The molecule has 0 unspecified atom stereocenters. The lowest BCUT2D eigenvalue weighted by atomic mass is 10.0. The van der Waals surface area contributed by atoms with Crippen LogP contribution in [0, 0.1) is 0 Å². The highest BCUT2D eigenvalue weighted by atomic mass is 79.9. The summed E-state index contributed by atoms with van der Waals surface area (Å²) < 4.78 is 12.2. The van der Waals surface area contributed by atoms with Crippen molar-refractivity contribution in [2.45, 2.75) is 46.3 Å². The summed E-state index contributed by atoms with van der Waals surface area (Å²) in [4.78, 5) is 31.4. The van der Waals surface area contributed by atoms with Crippen molar-refractivity contribution >= 4 is 44.4 Å². The Bertz CT molecular complexity index is 1180. The lowest BCUT2D eigenvalue weighted by Crippen LogP contribution is -2.40. The zero-order valence-corrected chi connectivity index (χ0v) is 22.9. The quantitative estimate of drug-likeness (QED) is 0.292. The Labute approximate surface area is 221 Å². The number of benzene rings is 2. The molecule has 0 aliphatic carbocycles. The molecule has 0 bridgehead atoms. The van der Waals surface area contributed by atoms with Crippen molar-refractivity contribution in [2.24, 2.45) is 0 Å². The fourth-order valence-corrected chi connectivity index (χ4v) is 4.03. The van der Waals surface area contributed by atoms with E-state index >= 15 is 0 Å². The van der Waals surface area contributed by atoms with Crippen molar-refractivity contribution in [3.05, 3.63) is 70.3 Å². The van der Waals surface area contributed by atoms with E-state index in [-0.39, 0.29) is 18.7 Å². The van der Waals surface area contributed by atoms with Gasteiger partial charge in [-0.25, -0.2) is 4.79 Å². The molecule has 0 atom stereocenters. The number of nitrogens with zero attached hydrogens (tertiary/aromatic N) is 2. The molecule has 1 heterocycles. The summed E-state index contributed by atoms with van der Waals surface area (Å²) in [6.07, 6.45) is 1.38. The molecule has 8 heteroatoms. The molecule has 3 aromatic rings. The van der Waals surface area contributed by atoms with E-state index < -0.39 is 11.7 Å². The second kappa shape index (κ2) is 12.8. The van der Waals surface area contributed by atoms with Gasteiger partial charge in [-0.2, -0.15) is 0 Å². The number of likely N-dealkylation sites (N-methyl/N-ethyl adjacent to an activating group) is 1. The number of halogens is 1. The van der Waals surface area contributed by atoms with Gasteiger partial charge in [0.2, 0.25) is 0 Å². The maximum absolute atomic E-state index is 13.0. The Morgan fingerprint density at radius 1 is 1.11 bits per heavy atom. The van der Waals surface area contributed by atoms with Gasteiger partial charge < -0.3 is 19.7 Å². The number of carbonyl (C=O) groups is 2. The number of fused-ring (bicyclic) bond motifs is 1. The van der Waals surface area contributed by atoms with Gasteiger partial charge in [-0.15, -0.1) is 0 Å². The van der Waals surface area contributed by atoms with E-state index in [4.69, 9.17) is 9.47 Å². The number of aromatic nitrogens is 1. The molecule has 36 heavy (non-hydrogen) atoms. The smallest absolute Gasteiger partial charge is 0.410 e. The molecule has 3 rings (SSSR count). The van der Waals surface area contributed by atoms with E-state index in [2.05, 4.69) is 26.2 Å². The summed E-state index contributed by atoms with van der Waals surface area (Å²) in [5, 5.41) is 4.37. The molecule has 0 aliphatic rings. The average Bonchev–Trinajstić information content (AvgIpc) is 2.82. The molecule has 0 spiro atoms. The molecule has 0 saturated heterocycles. The van der Waals surface area contributed by atoms with Crippen LogP contribution in [-0.4, -0.2) is 53.6 Å². The maximum Gasteiger partial charge on any atom is 0.410 e. The standard InChI is InChI=1S/C28H34BrN3O4/c1-5-32(27(34)36-28(2,3)4)18-23(33)15-21-17-31-25-16-22(29)11-12-24(25)26(21)30-13-14-35-19-20-9-7-6-8-10-20/h6-12,16-17H,5,13-15,18-19H2,1-4H3,(H,30,31). The zero-order valence-electron chi connectivity index (χ0n) is 21.3. The first-order valence-corrected chi connectivity index (χ1v) is 12.9. The molecule has 7 nitrogen and oxygen atoms in total. The molecule has 192 valence electrons. The van der Waals surface area contributed by atoms with Crippen molar-refractivity contribution in [2.75, 3.05) is 31.6 Å². The van der Waals surface area contributed by atoms with Crippen molar-refractivity contribution in [3.8, 4) is 0 Å². The van der Waals surface area contributed by atoms with Crippen LogP contribution in [0.2, 0.25) is 0 Å². The number of pyridine rings is 1. The Kier molecular flexibility index (Phi) is 9.84. The van der Waals surface area contributed by atoms with E-state index in [9.17, 15) is 9.59 Å². The Balaban J connectivity index is 1.70. The number of Topliss-reactive ketones (excluding diaryl/α,β-unsaturated/α-hetero) is 1. The van der Waals surface area contributed by atoms with Gasteiger partial charge in [0.05, 0.1) is 25.3 Å². The monoisotopic (exact) mass is 555 g/mol. The lowest BCUT2D eigenvalue weighted by molar-refractivity contribution is -0.119. The van der Waals surface area contributed by atoms with Gasteiger partial charge in [-0.1, -0.05) is 46.3 Å².